The number of benzene rings is 2. The van der Waals surface area contributed by atoms with Crippen LogP contribution in [0.25, 0.3) is 0 Å². The van der Waals surface area contributed by atoms with Crippen LogP contribution in [0.3, 0.4) is 0 Å². The molecule has 0 saturated carbocycles. The molecule has 0 aliphatic carbocycles. The maximum Gasteiger partial charge on any atom is 0.280 e. The molecular formula is C19H18N2O3. The van der Waals surface area contributed by atoms with E-state index in [1.807, 2.05) is 38.1 Å². The summed E-state index contributed by atoms with van der Waals surface area (Å²) < 4.78 is 0. The molecule has 2 aromatic rings. The highest BCUT2D eigenvalue weighted by atomic mass is 16.6. The zero-order valence-electron chi connectivity index (χ0n) is 13.7. The first-order chi connectivity index (χ1) is 11.4. The molecule has 5 heteroatoms. The Labute approximate surface area is 140 Å². The van der Waals surface area contributed by atoms with Gasteiger partial charge in [0.2, 0.25) is 0 Å². The third-order valence-corrected chi connectivity index (χ3v) is 4.12. The molecule has 0 fully saturated rings. The lowest BCUT2D eigenvalue weighted by molar-refractivity contribution is -0.385. The van der Waals surface area contributed by atoms with Crippen molar-refractivity contribution >= 4 is 17.2 Å². The molecule has 1 heterocycles. The number of ketones is 1. The number of hydrogen-bond donors (Lipinski definition) is 0. The van der Waals surface area contributed by atoms with E-state index >= 15 is 0 Å². The number of aliphatic imine (C=N–C) groups is 1. The minimum Gasteiger partial charge on any atom is -0.293 e. The van der Waals surface area contributed by atoms with Crippen LogP contribution in [0, 0.1) is 10.1 Å². The number of nitro benzene ring substituents is 1. The van der Waals surface area contributed by atoms with Crippen molar-refractivity contribution in [1.29, 1.82) is 0 Å². The standard InChI is InChI=1S/C19H18N2O3/c1-19(2)12-13-7-3-4-8-14(13)16(20-19)11-18(22)15-9-5-6-10-17(15)21(23)24/h3-10H,11-12H2,1-2H3. The molecule has 122 valence electrons. The first kappa shape index (κ1) is 16.1. The Hall–Kier alpha value is -2.82. The van der Waals surface area contributed by atoms with Crippen molar-refractivity contribution < 1.29 is 9.72 Å². The molecule has 0 bridgehead atoms. The number of carbonyl (C=O) groups is 1. The quantitative estimate of drug-likeness (QED) is 0.485. The molecule has 0 N–H and O–H groups in total. The summed E-state index contributed by atoms with van der Waals surface area (Å²) in [6.07, 6.45) is 0.873. The number of hydrogen-bond acceptors (Lipinski definition) is 4. The van der Waals surface area contributed by atoms with Crippen LogP contribution in [0.15, 0.2) is 53.5 Å². The fourth-order valence-corrected chi connectivity index (χ4v) is 3.14. The van der Waals surface area contributed by atoms with Crippen molar-refractivity contribution in [2.75, 3.05) is 0 Å². The van der Waals surface area contributed by atoms with Crippen LogP contribution in [0.4, 0.5) is 5.69 Å². The average molecular weight is 322 g/mol. The van der Waals surface area contributed by atoms with Crippen LogP contribution in [0.2, 0.25) is 0 Å². The van der Waals surface area contributed by atoms with Gasteiger partial charge in [-0.15, -0.1) is 0 Å². The monoisotopic (exact) mass is 322 g/mol. The molecule has 0 spiro atoms. The van der Waals surface area contributed by atoms with Crippen molar-refractivity contribution in [1.82, 2.24) is 0 Å². The molecule has 0 saturated heterocycles. The van der Waals surface area contributed by atoms with Crippen molar-refractivity contribution in [3.8, 4) is 0 Å². The molecule has 24 heavy (non-hydrogen) atoms. The van der Waals surface area contributed by atoms with E-state index < -0.39 is 4.92 Å². The SMILES string of the molecule is CC1(C)Cc2ccccc2C(CC(=O)c2ccccc2[N+](=O)[O-])=N1. The lowest BCUT2D eigenvalue weighted by Crippen LogP contribution is -2.30. The molecule has 3 rings (SSSR count). The predicted octanol–water partition coefficient (Wildman–Crippen LogP) is 3.99. The fraction of sp³-hybridized carbons (Fsp3) is 0.263. The Morgan fingerprint density at radius 1 is 1.17 bits per heavy atom. The summed E-state index contributed by atoms with van der Waals surface area (Å²) in [6, 6.07) is 13.9. The van der Waals surface area contributed by atoms with E-state index in [9.17, 15) is 14.9 Å². The van der Waals surface area contributed by atoms with Crippen LogP contribution < -0.4 is 0 Å². The van der Waals surface area contributed by atoms with Gasteiger partial charge in [-0.1, -0.05) is 36.4 Å². The van der Waals surface area contributed by atoms with Crippen LogP contribution in [-0.4, -0.2) is 22.0 Å². The summed E-state index contributed by atoms with van der Waals surface area (Å²) in [5.41, 5.74) is 2.50. The number of nitro groups is 1. The molecular weight excluding hydrogens is 304 g/mol. The van der Waals surface area contributed by atoms with Gasteiger partial charge in [0.15, 0.2) is 5.78 Å². The smallest absolute Gasteiger partial charge is 0.280 e. The molecule has 0 unspecified atom stereocenters. The number of para-hydroxylation sites is 1. The highest BCUT2D eigenvalue weighted by molar-refractivity contribution is 6.17. The Morgan fingerprint density at radius 3 is 2.58 bits per heavy atom. The number of Topliss-reactive ketones (excluding diaryl/α,β-unsaturated/α-hetero) is 1. The highest BCUT2D eigenvalue weighted by Gasteiger charge is 2.28. The van der Waals surface area contributed by atoms with Gasteiger partial charge in [0, 0.05) is 6.07 Å². The number of nitrogens with zero attached hydrogens (tertiary/aromatic N) is 2. The van der Waals surface area contributed by atoms with Gasteiger partial charge in [0.25, 0.3) is 5.69 Å². The summed E-state index contributed by atoms with van der Waals surface area (Å²) in [4.78, 5) is 28.0. The minimum absolute atomic E-state index is 0.0608. The van der Waals surface area contributed by atoms with Gasteiger partial charge >= 0.3 is 0 Å². The van der Waals surface area contributed by atoms with Gasteiger partial charge in [-0.2, -0.15) is 0 Å². The minimum atomic E-state index is -0.520. The van der Waals surface area contributed by atoms with E-state index in [0.717, 1.165) is 17.5 Å². The van der Waals surface area contributed by atoms with Gasteiger partial charge in [-0.3, -0.25) is 19.9 Å². The van der Waals surface area contributed by atoms with Gasteiger partial charge < -0.3 is 0 Å². The van der Waals surface area contributed by atoms with E-state index in [2.05, 4.69) is 0 Å². The van der Waals surface area contributed by atoms with E-state index in [1.165, 1.54) is 12.1 Å². The molecule has 5 nitrogen and oxygen atoms in total. The maximum atomic E-state index is 12.7. The zero-order chi connectivity index (χ0) is 17.3. The molecule has 0 amide bonds. The number of carbonyl (C=O) groups excluding carboxylic acids is 1. The van der Waals surface area contributed by atoms with E-state index in [-0.39, 0.29) is 29.0 Å². The van der Waals surface area contributed by atoms with Crippen molar-refractivity contribution in [2.24, 2.45) is 4.99 Å². The summed E-state index contributed by atoms with van der Waals surface area (Å²) >= 11 is 0. The third kappa shape index (κ3) is 3.11. The number of rotatable bonds is 4. The van der Waals surface area contributed by atoms with Gasteiger partial charge in [0.1, 0.15) is 0 Å². The Morgan fingerprint density at radius 2 is 1.83 bits per heavy atom. The third-order valence-electron chi connectivity index (χ3n) is 4.12. The van der Waals surface area contributed by atoms with E-state index in [1.54, 1.807) is 12.1 Å². The second-order valence-electron chi connectivity index (χ2n) is 6.58. The average Bonchev–Trinajstić information content (AvgIpc) is 2.53. The normalized spacial score (nSPS) is 15.3. The van der Waals surface area contributed by atoms with Crippen molar-refractivity contribution in [3.05, 3.63) is 75.3 Å². The Balaban J connectivity index is 1.97. The molecule has 2 aromatic carbocycles. The highest BCUT2D eigenvalue weighted by Crippen LogP contribution is 2.29. The van der Waals surface area contributed by atoms with Gasteiger partial charge in [-0.05, 0) is 37.5 Å². The molecule has 0 aromatic heterocycles. The summed E-state index contributed by atoms with van der Waals surface area (Å²) in [7, 11) is 0. The Kier molecular flexibility index (Phi) is 4.01. The summed E-state index contributed by atoms with van der Waals surface area (Å²) in [5, 5.41) is 11.1. The topological polar surface area (TPSA) is 72.6 Å². The predicted molar refractivity (Wildman–Crippen MR) is 92.8 cm³/mol. The van der Waals surface area contributed by atoms with Crippen molar-refractivity contribution in [2.45, 2.75) is 32.2 Å². The van der Waals surface area contributed by atoms with E-state index in [0.29, 0.717) is 5.71 Å². The molecule has 1 aliphatic heterocycles. The molecule has 0 atom stereocenters. The Bertz CT molecular complexity index is 853. The largest absolute Gasteiger partial charge is 0.293 e. The van der Waals surface area contributed by atoms with E-state index in [4.69, 9.17) is 4.99 Å². The second kappa shape index (κ2) is 6.00. The summed E-state index contributed by atoms with van der Waals surface area (Å²) in [6.45, 7) is 4.05. The first-order valence-electron chi connectivity index (χ1n) is 7.81. The van der Waals surface area contributed by atoms with Crippen LogP contribution in [0.5, 0.6) is 0 Å². The summed E-state index contributed by atoms with van der Waals surface area (Å²) in [5.74, 6) is -0.284. The van der Waals surface area contributed by atoms with Crippen molar-refractivity contribution in [3.63, 3.8) is 0 Å². The second-order valence-corrected chi connectivity index (χ2v) is 6.58. The number of fused-ring (bicyclic) bond motifs is 1. The zero-order valence-corrected chi connectivity index (χ0v) is 13.7. The first-order valence-corrected chi connectivity index (χ1v) is 7.81. The van der Waals surface area contributed by atoms with Crippen LogP contribution >= 0.6 is 0 Å². The lowest BCUT2D eigenvalue weighted by Gasteiger charge is -2.28. The van der Waals surface area contributed by atoms with Crippen LogP contribution in [-0.2, 0) is 6.42 Å². The maximum absolute atomic E-state index is 12.7. The fourth-order valence-electron chi connectivity index (χ4n) is 3.14. The molecule has 0 radical (unpaired) electrons. The van der Waals surface area contributed by atoms with Gasteiger partial charge in [0.05, 0.1) is 28.2 Å². The molecule has 1 aliphatic rings. The lowest BCUT2D eigenvalue weighted by atomic mass is 9.85. The van der Waals surface area contributed by atoms with Gasteiger partial charge in [-0.25, -0.2) is 0 Å². The van der Waals surface area contributed by atoms with Crippen LogP contribution in [0.1, 0.15) is 41.8 Å².